The Balaban J connectivity index is 3.66. The first-order chi connectivity index (χ1) is 6.91. The minimum atomic E-state index is -0.323. The van der Waals surface area contributed by atoms with E-state index >= 15 is 0 Å². The molecule has 2 radical (unpaired) electrons. The summed E-state index contributed by atoms with van der Waals surface area (Å²) in [7, 11) is 10.9. The van der Waals surface area contributed by atoms with Crippen molar-refractivity contribution in [2.75, 3.05) is 0 Å². The molecule has 0 aliphatic heterocycles. The molecule has 0 fully saturated rings. The van der Waals surface area contributed by atoms with Crippen LogP contribution in [0.4, 0.5) is 4.39 Å². The predicted octanol–water partition coefficient (Wildman–Crippen LogP) is 1.39. The zero-order valence-corrected chi connectivity index (χ0v) is 11.3. The number of benzene rings is 1. The van der Waals surface area contributed by atoms with Crippen LogP contribution in [0.25, 0.3) is 6.08 Å². The molecule has 1 rings (SSSR count). The van der Waals surface area contributed by atoms with Crippen LogP contribution in [-0.4, -0.2) is 7.85 Å². The van der Waals surface area contributed by atoms with Crippen molar-refractivity contribution in [1.29, 1.82) is 0 Å². The van der Waals surface area contributed by atoms with Crippen LogP contribution in [0.1, 0.15) is 30.9 Å². The van der Waals surface area contributed by atoms with Crippen molar-refractivity contribution in [3.63, 3.8) is 0 Å². The summed E-state index contributed by atoms with van der Waals surface area (Å²) in [4.78, 5) is 0. The van der Waals surface area contributed by atoms with E-state index in [9.17, 15) is 4.39 Å². The summed E-state index contributed by atoms with van der Waals surface area (Å²) >= 11 is 0. The van der Waals surface area contributed by atoms with Crippen molar-refractivity contribution >= 4 is 48.5 Å². The highest BCUT2D eigenvalue weighted by atomic mass is 31.0. The maximum atomic E-state index is 13.9. The average Bonchev–Trinajstić information content (AvgIpc) is 2.16. The van der Waals surface area contributed by atoms with Gasteiger partial charge in [0.1, 0.15) is 13.7 Å². The smallest absolute Gasteiger partial charge is 0.120 e. The van der Waals surface area contributed by atoms with Crippen molar-refractivity contribution in [2.45, 2.75) is 19.8 Å². The Morgan fingerprint density at radius 3 is 2.27 bits per heavy atom. The maximum Gasteiger partial charge on any atom is 0.120 e. The fraction of sp³-hybridized carbons (Fsp3) is 0.273. The second-order valence-corrected chi connectivity index (χ2v) is 4.90. The van der Waals surface area contributed by atoms with Crippen molar-refractivity contribution in [1.82, 2.24) is 0 Å². The fourth-order valence-electron chi connectivity index (χ4n) is 1.60. The Labute approximate surface area is 96.5 Å². The van der Waals surface area contributed by atoms with E-state index in [0.29, 0.717) is 11.1 Å². The molecule has 0 aliphatic carbocycles. The van der Waals surface area contributed by atoms with Crippen LogP contribution in [0.3, 0.4) is 0 Å². The standard InChI is InChI=1S/C11H14BFP2/c1-4-6-8(12)9(13)7(5(2)3)11(15)10(6)14/h4-5H,1,14-15H2,2-3H3. The predicted molar refractivity (Wildman–Crippen MR) is 74.7 cm³/mol. The van der Waals surface area contributed by atoms with Gasteiger partial charge in [-0.2, -0.15) is 0 Å². The van der Waals surface area contributed by atoms with Gasteiger partial charge in [-0.3, -0.25) is 0 Å². The first-order valence-electron chi connectivity index (χ1n) is 4.70. The van der Waals surface area contributed by atoms with Gasteiger partial charge >= 0.3 is 0 Å². The van der Waals surface area contributed by atoms with Gasteiger partial charge in [-0.25, -0.2) is 4.39 Å². The third-order valence-corrected chi connectivity index (χ3v) is 3.99. The molecular weight excluding hydrogens is 224 g/mol. The zero-order chi connectivity index (χ0) is 11.7. The highest BCUT2D eigenvalue weighted by Gasteiger charge is 2.17. The van der Waals surface area contributed by atoms with Crippen LogP contribution in [-0.2, 0) is 0 Å². The van der Waals surface area contributed by atoms with Gasteiger partial charge in [0.15, 0.2) is 0 Å². The van der Waals surface area contributed by atoms with Gasteiger partial charge in [-0.05, 0) is 27.7 Å². The molecule has 0 N–H and O–H groups in total. The Morgan fingerprint density at radius 1 is 1.33 bits per heavy atom. The molecule has 0 saturated carbocycles. The Bertz CT molecular complexity index is 385. The average molecular weight is 238 g/mol. The minimum absolute atomic E-state index is 0.109. The summed E-state index contributed by atoms with van der Waals surface area (Å²) in [5.74, 6) is -0.214. The van der Waals surface area contributed by atoms with E-state index in [-0.39, 0.29) is 17.2 Å². The summed E-state index contributed by atoms with van der Waals surface area (Å²) in [5, 5.41) is 1.76. The monoisotopic (exact) mass is 238 g/mol. The van der Waals surface area contributed by atoms with Crippen LogP contribution >= 0.6 is 18.5 Å². The Morgan fingerprint density at radius 2 is 1.87 bits per heavy atom. The SMILES string of the molecule is [B]c1c(F)c(C(C)C)c(P)c(P)c1C=C. The van der Waals surface area contributed by atoms with Crippen LogP contribution in [0, 0.1) is 5.82 Å². The van der Waals surface area contributed by atoms with E-state index in [1.165, 1.54) is 0 Å². The van der Waals surface area contributed by atoms with Crippen LogP contribution in [0.5, 0.6) is 0 Å². The quantitative estimate of drug-likeness (QED) is 0.539. The van der Waals surface area contributed by atoms with Gasteiger partial charge in [0.2, 0.25) is 0 Å². The summed E-state index contributed by atoms with van der Waals surface area (Å²) in [5.41, 5.74) is 1.50. The van der Waals surface area contributed by atoms with E-state index in [4.69, 9.17) is 7.85 Å². The summed E-state index contributed by atoms with van der Waals surface area (Å²) < 4.78 is 13.9. The van der Waals surface area contributed by atoms with E-state index in [1.807, 2.05) is 13.8 Å². The highest BCUT2D eigenvalue weighted by molar-refractivity contribution is 7.36. The molecule has 0 aliphatic rings. The molecule has 78 valence electrons. The third-order valence-electron chi connectivity index (χ3n) is 2.42. The van der Waals surface area contributed by atoms with Crippen molar-refractivity contribution in [3.8, 4) is 0 Å². The lowest BCUT2D eigenvalue weighted by atomic mass is 9.85. The first-order valence-corrected chi connectivity index (χ1v) is 5.85. The first kappa shape index (κ1) is 12.9. The minimum Gasteiger partial charge on any atom is -0.207 e. The number of rotatable bonds is 2. The van der Waals surface area contributed by atoms with Gasteiger partial charge in [-0.1, -0.05) is 32.0 Å². The van der Waals surface area contributed by atoms with Crippen LogP contribution in [0.2, 0.25) is 0 Å². The van der Waals surface area contributed by atoms with Crippen molar-refractivity contribution in [3.05, 3.63) is 23.5 Å². The van der Waals surface area contributed by atoms with Gasteiger partial charge in [0.25, 0.3) is 0 Å². The zero-order valence-electron chi connectivity index (χ0n) is 8.97. The van der Waals surface area contributed by atoms with Crippen molar-refractivity contribution < 1.29 is 4.39 Å². The molecule has 2 atom stereocenters. The lowest BCUT2D eigenvalue weighted by Gasteiger charge is -2.18. The molecule has 4 heteroatoms. The molecule has 1 aromatic rings. The number of halogens is 1. The largest absolute Gasteiger partial charge is 0.207 e. The number of hydrogen-bond donors (Lipinski definition) is 0. The van der Waals surface area contributed by atoms with Crippen LogP contribution < -0.4 is 16.1 Å². The Kier molecular flexibility index (Phi) is 4.09. The summed E-state index contributed by atoms with van der Waals surface area (Å²) in [6.07, 6.45) is 1.58. The maximum absolute atomic E-state index is 13.9. The molecule has 2 unspecified atom stereocenters. The fourth-order valence-corrected chi connectivity index (χ4v) is 2.65. The molecule has 0 amide bonds. The second kappa shape index (κ2) is 4.77. The molecule has 15 heavy (non-hydrogen) atoms. The van der Waals surface area contributed by atoms with Gasteiger partial charge < -0.3 is 0 Å². The lowest BCUT2D eigenvalue weighted by molar-refractivity contribution is 0.609. The highest BCUT2D eigenvalue weighted by Crippen LogP contribution is 2.18. The van der Waals surface area contributed by atoms with Gasteiger partial charge in [-0.15, -0.1) is 18.5 Å². The van der Waals surface area contributed by atoms with Gasteiger partial charge in [0.05, 0.1) is 0 Å². The normalized spacial score (nSPS) is 10.8. The van der Waals surface area contributed by atoms with Crippen LogP contribution in [0.15, 0.2) is 6.58 Å². The summed E-state index contributed by atoms with van der Waals surface area (Å²) in [6, 6.07) is 0. The van der Waals surface area contributed by atoms with E-state index < -0.39 is 0 Å². The Hall–Kier alpha value is -0.185. The molecule has 1 aromatic carbocycles. The molecule has 0 nitrogen and oxygen atoms in total. The van der Waals surface area contributed by atoms with E-state index in [1.54, 1.807) is 6.08 Å². The summed E-state index contributed by atoms with van der Waals surface area (Å²) in [6.45, 7) is 7.54. The van der Waals surface area contributed by atoms with E-state index in [0.717, 1.165) is 10.6 Å². The van der Waals surface area contributed by atoms with E-state index in [2.05, 4.69) is 25.1 Å². The molecule has 0 heterocycles. The molecule has 0 spiro atoms. The van der Waals surface area contributed by atoms with Gasteiger partial charge in [0, 0.05) is 0 Å². The molecule has 0 bridgehead atoms. The van der Waals surface area contributed by atoms with Crippen molar-refractivity contribution in [2.24, 2.45) is 0 Å². The molecule has 0 saturated heterocycles. The lowest BCUT2D eigenvalue weighted by Crippen LogP contribution is -2.32. The number of hydrogen-bond acceptors (Lipinski definition) is 0. The molecule has 0 aromatic heterocycles. The third kappa shape index (κ3) is 2.17. The topological polar surface area (TPSA) is 0 Å². The second-order valence-electron chi connectivity index (χ2n) is 3.74. The molecular formula is C11H14BFP2.